The number of amides is 1. The second kappa shape index (κ2) is 5.94. The van der Waals surface area contributed by atoms with Gasteiger partial charge < -0.3 is 15.4 Å². The number of hydrogen-bond donors (Lipinski definition) is 1. The van der Waals surface area contributed by atoms with Gasteiger partial charge in [0.1, 0.15) is 4.88 Å². The Morgan fingerprint density at radius 3 is 3.14 bits per heavy atom. The van der Waals surface area contributed by atoms with Crippen molar-refractivity contribution in [3.8, 4) is 0 Å². The van der Waals surface area contributed by atoms with Gasteiger partial charge in [0.05, 0.1) is 11.8 Å². The van der Waals surface area contributed by atoms with Gasteiger partial charge in [-0.2, -0.15) is 0 Å². The average Bonchev–Trinajstić information content (AvgIpc) is 2.64. The van der Waals surface area contributed by atoms with Crippen LogP contribution < -0.4 is 5.73 Å². The maximum absolute atomic E-state index is 12.8. The summed E-state index contributed by atoms with van der Waals surface area (Å²) in [7, 11) is 0. The molecule has 0 bridgehead atoms. The van der Waals surface area contributed by atoms with Crippen LogP contribution in [0.2, 0.25) is 0 Å². The lowest BCUT2D eigenvalue weighted by Gasteiger charge is -2.21. The van der Waals surface area contributed by atoms with Gasteiger partial charge in [-0.1, -0.05) is 15.9 Å². The Morgan fingerprint density at radius 1 is 1.52 bits per heavy atom. The van der Waals surface area contributed by atoms with Crippen LogP contribution in [0.4, 0.5) is 5.69 Å². The van der Waals surface area contributed by atoms with Crippen molar-refractivity contribution < 1.29 is 9.53 Å². The summed E-state index contributed by atoms with van der Waals surface area (Å²) in [5.41, 5.74) is 6.78. The van der Waals surface area contributed by atoms with Gasteiger partial charge in [-0.3, -0.25) is 4.79 Å². The number of hydrogen-bond acceptors (Lipinski definition) is 4. The highest BCUT2D eigenvalue weighted by molar-refractivity contribution is 9.10. The lowest BCUT2D eigenvalue weighted by Crippen LogP contribution is -2.35. The van der Waals surface area contributed by atoms with Crippen molar-refractivity contribution in [1.82, 2.24) is 4.90 Å². The van der Waals surface area contributed by atoms with Gasteiger partial charge in [-0.25, -0.2) is 0 Å². The van der Waals surface area contributed by atoms with Gasteiger partial charge in [0.25, 0.3) is 5.91 Å². The summed E-state index contributed by atoms with van der Waals surface area (Å²) >= 11 is 4.91. The lowest BCUT2D eigenvalue weighted by atomic mass is 10.2. The fraction of sp³-hybridized carbons (Fsp3) is 0.400. The Labute approximate surface area is 136 Å². The summed E-state index contributed by atoms with van der Waals surface area (Å²) in [6.07, 6.45) is 0.938. The van der Waals surface area contributed by atoms with Crippen LogP contribution in [0.3, 0.4) is 0 Å². The summed E-state index contributed by atoms with van der Waals surface area (Å²) in [6.45, 7) is 4.05. The maximum atomic E-state index is 12.8. The molecular formula is C15H17BrN2O2S. The van der Waals surface area contributed by atoms with Crippen LogP contribution in [-0.2, 0) is 4.74 Å². The molecule has 0 spiro atoms. The average molecular weight is 369 g/mol. The Balaban J connectivity index is 1.95. The second-order valence-corrected chi connectivity index (χ2v) is 7.24. The fourth-order valence-corrected chi connectivity index (χ4v) is 4.00. The molecule has 4 nitrogen and oxygen atoms in total. The summed E-state index contributed by atoms with van der Waals surface area (Å²) in [4.78, 5) is 15.3. The van der Waals surface area contributed by atoms with E-state index in [1.165, 1.54) is 11.3 Å². The highest BCUT2D eigenvalue weighted by atomic mass is 79.9. The number of anilines is 1. The number of thiophene rings is 1. The first-order valence-corrected chi connectivity index (χ1v) is 8.55. The van der Waals surface area contributed by atoms with Crippen molar-refractivity contribution in [2.45, 2.75) is 19.4 Å². The molecule has 1 saturated heterocycles. The van der Waals surface area contributed by atoms with E-state index in [2.05, 4.69) is 15.9 Å². The van der Waals surface area contributed by atoms with Crippen LogP contribution in [-0.4, -0.2) is 36.6 Å². The van der Waals surface area contributed by atoms with Gasteiger partial charge in [0, 0.05) is 34.3 Å². The molecule has 1 fully saturated rings. The molecule has 1 aliphatic rings. The molecule has 2 aromatic rings. The Kier molecular flexibility index (Phi) is 4.19. The molecule has 6 heteroatoms. The standard InChI is InChI=1S/C15H17BrN2O2S/c1-9-8-18(5-2-6-20-9)15(19)14-13(17)11-7-10(16)3-4-12(11)21-14/h3-4,7,9H,2,5-6,8,17H2,1H3. The molecule has 112 valence electrons. The molecular weight excluding hydrogens is 352 g/mol. The number of nitrogens with zero attached hydrogens (tertiary/aromatic N) is 1. The van der Waals surface area contributed by atoms with Crippen molar-refractivity contribution in [3.05, 3.63) is 27.5 Å². The number of rotatable bonds is 1. The van der Waals surface area contributed by atoms with Crippen molar-refractivity contribution in [2.24, 2.45) is 0 Å². The van der Waals surface area contributed by atoms with E-state index in [0.717, 1.165) is 27.5 Å². The van der Waals surface area contributed by atoms with Crippen LogP contribution in [0, 0.1) is 0 Å². The number of halogens is 1. The minimum Gasteiger partial charge on any atom is -0.397 e. The second-order valence-electron chi connectivity index (χ2n) is 5.27. The fourth-order valence-electron chi connectivity index (χ4n) is 2.57. The lowest BCUT2D eigenvalue weighted by molar-refractivity contribution is 0.0566. The predicted octanol–water partition coefficient (Wildman–Crippen LogP) is 3.50. The van der Waals surface area contributed by atoms with Gasteiger partial charge in [0.15, 0.2) is 0 Å². The van der Waals surface area contributed by atoms with Crippen LogP contribution in [0.25, 0.3) is 10.1 Å². The van der Waals surface area contributed by atoms with E-state index >= 15 is 0 Å². The first kappa shape index (κ1) is 14.8. The molecule has 1 amide bonds. The van der Waals surface area contributed by atoms with Crippen LogP contribution in [0.15, 0.2) is 22.7 Å². The van der Waals surface area contributed by atoms with Gasteiger partial charge in [-0.05, 0) is 31.5 Å². The number of nitrogens with two attached hydrogens (primary N) is 1. The summed E-state index contributed by atoms with van der Waals surface area (Å²) in [5, 5.41) is 0.942. The zero-order valence-electron chi connectivity index (χ0n) is 11.8. The highest BCUT2D eigenvalue weighted by Crippen LogP contribution is 2.36. The molecule has 21 heavy (non-hydrogen) atoms. The Hall–Kier alpha value is -1.11. The highest BCUT2D eigenvalue weighted by Gasteiger charge is 2.25. The number of fused-ring (bicyclic) bond motifs is 1. The van der Waals surface area contributed by atoms with E-state index in [9.17, 15) is 4.79 Å². The number of ether oxygens (including phenoxy) is 1. The van der Waals surface area contributed by atoms with Gasteiger partial charge >= 0.3 is 0 Å². The molecule has 3 rings (SSSR count). The van der Waals surface area contributed by atoms with E-state index < -0.39 is 0 Å². The SMILES string of the molecule is CC1CN(C(=O)c2sc3ccc(Br)cc3c2N)CCCO1. The minimum atomic E-state index is 0.0159. The maximum Gasteiger partial charge on any atom is 0.266 e. The van der Waals surface area contributed by atoms with Crippen molar-refractivity contribution in [1.29, 1.82) is 0 Å². The van der Waals surface area contributed by atoms with Crippen LogP contribution in [0.1, 0.15) is 23.0 Å². The normalized spacial score (nSPS) is 19.7. The van der Waals surface area contributed by atoms with E-state index in [0.29, 0.717) is 23.7 Å². The van der Waals surface area contributed by atoms with Gasteiger partial charge in [0.2, 0.25) is 0 Å². The first-order valence-electron chi connectivity index (χ1n) is 6.94. The van der Waals surface area contributed by atoms with Crippen LogP contribution in [0.5, 0.6) is 0 Å². The summed E-state index contributed by atoms with van der Waals surface area (Å²) in [5.74, 6) is 0.0159. The quantitative estimate of drug-likeness (QED) is 0.837. The number of nitrogen functional groups attached to an aromatic ring is 1. The monoisotopic (exact) mass is 368 g/mol. The Bertz CT molecular complexity index is 686. The molecule has 1 aromatic carbocycles. The van der Waals surface area contributed by atoms with Crippen molar-refractivity contribution in [2.75, 3.05) is 25.4 Å². The topological polar surface area (TPSA) is 55.6 Å². The molecule has 0 aliphatic carbocycles. The first-order chi connectivity index (χ1) is 10.1. The van der Waals surface area contributed by atoms with Gasteiger partial charge in [-0.15, -0.1) is 11.3 Å². The third-order valence-electron chi connectivity index (χ3n) is 3.62. The zero-order chi connectivity index (χ0) is 15.0. The number of benzene rings is 1. The molecule has 1 aromatic heterocycles. The molecule has 0 saturated carbocycles. The summed E-state index contributed by atoms with van der Waals surface area (Å²) in [6, 6.07) is 5.92. The molecule has 1 aliphatic heterocycles. The minimum absolute atomic E-state index is 0.0159. The number of carbonyl (C=O) groups is 1. The molecule has 1 atom stereocenters. The van der Waals surface area contributed by atoms with E-state index in [1.54, 1.807) is 0 Å². The smallest absolute Gasteiger partial charge is 0.266 e. The molecule has 0 radical (unpaired) electrons. The van der Waals surface area contributed by atoms with Crippen molar-refractivity contribution in [3.63, 3.8) is 0 Å². The third kappa shape index (κ3) is 2.93. The van der Waals surface area contributed by atoms with E-state index in [1.807, 2.05) is 30.0 Å². The number of carbonyl (C=O) groups excluding carboxylic acids is 1. The van der Waals surface area contributed by atoms with E-state index in [-0.39, 0.29) is 12.0 Å². The molecule has 2 heterocycles. The van der Waals surface area contributed by atoms with E-state index in [4.69, 9.17) is 10.5 Å². The van der Waals surface area contributed by atoms with Crippen molar-refractivity contribution >= 4 is 48.9 Å². The Morgan fingerprint density at radius 2 is 2.33 bits per heavy atom. The predicted molar refractivity (Wildman–Crippen MR) is 89.9 cm³/mol. The van der Waals surface area contributed by atoms with Crippen LogP contribution >= 0.6 is 27.3 Å². The molecule has 2 N–H and O–H groups in total. The largest absolute Gasteiger partial charge is 0.397 e. The molecule has 1 unspecified atom stereocenters. The third-order valence-corrected chi connectivity index (χ3v) is 5.29. The zero-order valence-corrected chi connectivity index (χ0v) is 14.2. The summed E-state index contributed by atoms with van der Waals surface area (Å²) < 4.78 is 7.60.